The Morgan fingerprint density at radius 2 is 1.75 bits per heavy atom. The first-order valence-electron chi connectivity index (χ1n) is 11.6. The largest absolute Gasteiger partial charge is 0.357 e. The van der Waals surface area contributed by atoms with E-state index in [0.717, 1.165) is 42.7 Å². The van der Waals surface area contributed by atoms with Crippen LogP contribution in [0.1, 0.15) is 40.9 Å². The second kappa shape index (κ2) is 14.8. The molecule has 1 aromatic heterocycles. The van der Waals surface area contributed by atoms with Gasteiger partial charge in [0.25, 0.3) is 0 Å². The number of unbranched alkanes of at least 4 members (excludes halogenated alkanes) is 1. The number of nitrogens with zero attached hydrogens (tertiary/aromatic N) is 4. The Morgan fingerprint density at radius 1 is 1.03 bits per heavy atom. The lowest BCUT2D eigenvalue weighted by atomic mass is 10.2. The predicted molar refractivity (Wildman–Crippen MR) is 147 cm³/mol. The summed E-state index contributed by atoms with van der Waals surface area (Å²) in [6.07, 6.45) is 2.38. The molecule has 1 aliphatic rings. The summed E-state index contributed by atoms with van der Waals surface area (Å²) < 4.78 is 0. The van der Waals surface area contributed by atoms with Gasteiger partial charge in [0.2, 0.25) is 0 Å². The van der Waals surface area contributed by atoms with Gasteiger partial charge in [-0.1, -0.05) is 30.3 Å². The first-order valence-corrected chi connectivity index (χ1v) is 12.4. The molecule has 0 amide bonds. The molecule has 3 rings (SSSR count). The minimum absolute atomic E-state index is 0. The zero-order valence-corrected chi connectivity index (χ0v) is 22.9. The van der Waals surface area contributed by atoms with Crippen LogP contribution in [0.25, 0.3) is 0 Å². The zero-order chi connectivity index (χ0) is 21.9. The first kappa shape index (κ1) is 27.0. The van der Waals surface area contributed by atoms with E-state index in [2.05, 4.69) is 76.5 Å². The molecule has 178 valence electrons. The maximum Gasteiger partial charge on any atom is 0.191 e. The molecule has 0 atom stereocenters. The number of thiazole rings is 1. The predicted octanol–water partition coefficient (Wildman–Crippen LogP) is 4.03. The number of hydrogen-bond acceptors (Lipinski definition) is 5. The highest BCUT2D eigenvalue weighted by Gasteiger charge is 2.16. The minimum Gasteiger partial charge on any atom is -0.357 e. The van der Waals surface area contributed by atoms with Gasteiger partial charge in [0.1, 0.15) is 5.01 Å². The number of aliphatic imine (C=N–C) groups is 1. The molecule has 0 radical (unpaired) electrons. The lowest BCUT2D eigenvalue weighted by molar-refractivity contribution is 0.126. The number of aromatic nitrogens is 1. The fraction of sp³-hybridized carbons (Fsp3) is 0.583. The van der Waals surface area contributed by atoms with E-state index in [0.29, 0.717) is 6.54 Å². The quantitative estimate of drug-likeness (QED) is 0.196. The average Bonchev–Trinajstić information content (AvgIpc) is 3.11. The van der Waals surface area contributed by atoms with Gasteiger partial charge in [-0.3, -0.25) is 4.90 Å². The summed E-state index contributed by atoms with van der Waals surface area (Å²) in [5.74, 6) is 0.891. The standard InChI is InChI=1S/C24H38N6S.HI/c1-4-25-24(27-18-23-28-20(2)21(3)31-23)26-12-8-9-13-29-14-16-30(17-15-29)19-22-10-6-5-7-11-22;/h5-7,10-11H,4,8-9,12-19H2,1-3H3,(H2,25,26,27);1H. The van der Waals surface area contributed by atoms with Gasteiger partial charge in [0, 0.05) is 50.7 Å². The molecular formula is C24H39IN6S. The molecule has 0 spiro atoms. The molecule has 0 saturated carbocycles. The van der Waals surface area contributed by atoms with Crippen molar-refractivity contribution in [3.63, 3.8) is 0 Å². The van der Waals surface area contributed by atoms with Crippen molar-refractivity contribution in [3.8, 4) is 0 Å². The first-order chi connectivity index (χ1) is 15.1. The number of rotatable bonds is 10. The van der Waals surface area contributed by atoms with Crippen molar-refractivity contribution in [2.45, 2.75) is 46.7 Å². The molecule has 0 bridgehead atoms. The van der Waals surface area contributed by atoms with Gasteiger partial charge in [-0.25, -0.2) is 9.98 Å². The Hall–Kier alpha value is -1.23. The molecule has 2 heterocycles. The molecule has 1 aromatic carbocycles. The molecule has 0 unspecified atom stereocenters. The third kappa shape index (κ3) is 9.33. The smallest absolute Gasteiger partial charge is 0.191 e. The maximum absolute atomic E-state index is 4.69. The highest BCUT2D eigenvalue weighted by atomic mass is 127. The van der Waals surface area contributed by atoms with Crippen LogP contribution in [0, 0.1) is 13.8 Å². The maximum atomic E-state index is 4.69. The Kier molecular flexibility index (Phi) is 12.5. The van der Waals surface area contributed by atoms with Gasteiger partial charge in [-0.05, 0) is 45.7 Å². The van der Waals surface area contributed by atoms with Crippen LogP contribution >= 0.6 is 35.3 Å². The van der Waals surface area contributed by atoms with Crippen LogP contribution in [-0.4, -0.2) is 66.6 Å². The van der Waals surface area contributed by atoms with E-state index >= 15 is 0 Å². The summed E-state index contributed by atoms with van der Waals surface area (Å²) in [7, 11) is 0. The van der Waals surface area contributed by atoms with Crippen molar-refractivity contribution in [1.29, 1.82) is 0 Å². The summed E-state index contributed by atoms with van der Waals surface area (Å²) in [6, 6.07) is 10.8. The van der Waals surface area contributed by atoms with E-state index in [1.807, 2.05) is 0 Å². The van der Waals surface area contributed by atoms with Crippen molar-refractivity contribution >= 4 is 41.3 Å². The summed E-state index contributed by atoms with van der Waals surface area (Å²) >= 11 is 1.74. The molecular weight excluding hydrogens is 531 g/mol. The van der Waals surface area contributed by atoms with Crippen molar-refractivity contribution in [3.05, 3.63) is 51.5 Å². The number of benzene rings is 1. The van der Waals surface area contributed by atoms with E-state index in [9.17, 15) is 0 Å². The summed E-state index contributed by atoms with van der Waals surface area (Å²) in [5, 5.41) is 7.89. The van der Waals surface area contributed by atoms with E-state index in [4.69, 9.17) is 4.99 Å². The number of aryl methyl sites for hydroxylation is 2. The monoisotopic (exact) mass is 570 g/mol. The third-order valence-electron chi connectivity index (χ3n) is 5.70. The number of guanidine groups is 1. The van der Waals surface area contributed by atoms with Crippen LogP contribution in [0.2, 0.25) is 0 Å². The number of hydrogen-bond donors (Lipinski definition) is 2. The normalized spacial score (nSPS) is 15.4. The topological polar surface area (TPSA) is 55.8 Å². The Balaban J connectivity index is 0.00000363. The van der Waals surface area contributed by atoms with Gasteiger partial charge >= 0.3 is 0 Å². The molecule has 1 aliphatic heterocycles. The van der Waals surface area contributed by atoms with E-state index < -0.39 is 0 Å². The molecule has 0 aliphatic carbocycles. The Bertz CT molecular complexity index is 783. The van der Waals surface area contributed by atoms with Crippen LogP contribution < -0.4 is 10.6 Å². The highest BCUT2D eigenvalue weighted by Crippen LogP contribution is 2.17. The average molecular weight is 571 g/mol. The molecule has 32 heavy (non-hydrogen) atoms. The Labute approximate surface area is 214 Å². The van der Waals surface area contributed by atoms with Crippen molar-refractivity contribution in [2.24, 2.45) is 4.99 Å². The van der Waals surface area contributed by atoms with Gasteiger partial charge in [0.15, 0.2) is 5.96 Å². The lowest BCUT2D eigenvalue weighted by Gasteiger charge is -2.34. The molecule has 8 heteroatoms. The van der Waals surface area contributed by atoms with Gasteiger partial charge in [0.05, 0.1) is 12.2 Å². The van der Waals surface area contributed by atoms with E-state index in [1.165, 1.54) is 49.6 Å². The van der Waals surface area contributed by atoms with Crippen LogP contribution in [0.15, 0.2) is 35.3 Å². The van der Waals surface area contributed by atoms with Crippen molar-refractivity contribution in [2.75, 3.05) is 45.8 Å². The number of nitrogens with one attached hydrogen (secondary N) is 2. The number of halogens is 1. The summed E-state index contributed by atoms with van der Waals surface area (Å²) in [4.78, 5) is 15.7. The summed E-state index contributed by atoms with van der Waals surface area (Å²) in [6.45, 7) is 15.7. The van der Waals surface area contributed by atoms with Crippen LogP contribution in [-0.2, 0) is 13.1 Å². The van der Waals surface area contributed by atoms with Crippen LogP contribution in [0.5, 0.6) is 0 Å². The van der Waals surface area contributed by atoms with Crippen molar-refractivity contribution in [1.82, 2.24) is 25.4 Å². The lowest BCUT2D eigenvalue weighted by Crippen LogP contribution is -2.46. The zero-order valence-electron chi connectivity index (χ0n) is 19.8. The van der Waals surface area contributed by atoms with Crippen LogP contribution in [0.3, 0.4) is 0 Å². The fourth-order valence-corrected chi connectivity index (χ4v) is 4.63. The number of piperazine rings is 1. The highest BCUT2D eigenvalue weighted by molar-refractivity contribution is 14.0. The van der Waals surface area contributed by atoms with Crippen LogP contribution in [0.4, 0.5) is 0 Å². The van der Waals surface area contributed by atoms with Crippen molar-refractivity contribution < 1.29 is 0 Å². The molecule has 1 fully saturated rings. The van der Waals surface area contributed by atoms with E-state index in [1.54, 1.807) is 11.3 Å². The molecule has 2 N–H and O–H groups in total. The van der Waals surface area contributed by atoms with Gasteiger partial charge in [-0.2, -0.15) is 0 Å². The third-order valence-corrected chi connectivity index (χ3v) is 6.75. The van der Waals surface area contributed by atoms with Gasteiger partial charge in [-0.15, -0.1) is 35.3 Å². The molecule has 1 saturated heterocycles. The minimum atomic E-state index is 0. The molecule has 2 aromatic rings. The fourth-order valence-electron chi connectivity index (χ4n) is 3.78. The van der Waals surface area contributed by atoms with E-state index in [-0.39, 0.29) is 24.0 Å². The molecule has 6 nitrogen and oxygen atoms in total. The van der Waals surface area contributed by atoms with Gasteiger partial charge < -0.3 is 15.5 Å². The SMILES string of the molecule is CCNC(=NCc1nc(C)c(C)s1)NCCCCN1CCN(Cc2ccccc2)CC1.I. The Morgan fingerprint density at radius 3 is 2.41 bits per heavy atom. The second-order valence-electron chi connectivity index (χ2n) is 8.18. The summed E-state index contributed by atoms with van der Waals surface area (Å²) in [5.41, 5.74) is 2.54. The second-order valence-corrected chi connectivity index (χ2v) is 9.47.